The molecule has 0 N–H and O–H groups in total. The minimum Gasteiger partial charge on any atom is -0.465 e. The topological polar surface area (TPSA) is 160 Å². The van der Waals surface area contributed by atoms with E-state index >= 15 is 0 Å². The van der Waals surface area contributed by atoms with Crippen LogP contribution in [0.5, 0.6) is 0 Å². The first-order chi connectivity index (χ1) is 13.8. The van der Waals surface area contributed by atoms with Crippen LogP contribution in [0.25, 0.3) is 10.2 Å². The molecule has 0 atom stereocenters. The highest BCUT2D eigenvalue weighted by Gasteiger charge is 2.19. The summed E-state index contributed by atoms with van der Waals surface area (Å²) in [6.07, 6.45) is 0. The van der Waals surface area contributed by atoms with Crippen LogP contribution in [0.4, 0.5) is 11.6 Å². The summed E-state index contributed by atoms with van der Waals surface area (Å²) in [6.45, 7) is 1.42. The predicted molar refractivity (Wildman–Crippen MR) is 98.4 cm³/mol. The van der Waals surface area contributed by atoms with E-state index in [9.17, 15) is 29.8 Å². The second kappa shape index (κ2) is 8.02. The predicted octanol–water partition coefficient (Wildman–Crippen LogP) is 2.42. The number of esters is 1. The second-order valence-corrected chi connectivity index (χ2v) is 6.51. The smallest absolute Gasteiger partial charge is 0.433 e. The lowest BCUT2D eigenvalue weighted by molar-refractivity contribution is -0.402. The van der Waals surface area contributed by atoms with Crippen molar-refractivity contribution in [1.82, 2.24) is 4.57 Å². The lowest BCUT2D eigenvalue weighted by Crippen LogP contribution is -2.23. The Kier molecular flexibility index (Phi) is 5.50. The number of non-ortho nitro benzene ring substituents is 1. The maximum Gasteiger partial charge on any atom is 0.433 e. The molecule has 0 fully saturated rings. The van der Waals surface area contributed by atoms with Crippen molar-refractivity contribution in [3.05, 3.63) is 61.1 Å². The summed E-state index contributed by atoms with van der Waals surface area (Å²) in [5.74, 6) is -2.50. The van der Waals surface area contributed by atoms with E-state index < -0.39 is 27.6 Å². The Hall–Kier alpha value is -3.87. The van der Waals surface area contributed by atoms with Crippen LogP contribution in [0.1, 0.15) is 17.5 Å². The Labute approximate surface area is 164 Å². The minimum atomic E-state index is -0.906. The summed E-state index contributed by atoms with van der Waals surface area (Å²) >= 11 is 1.01. The summed E-state index contributed by atoms with van der Waals surface area (Å²) in [6, 6.07) is 6.14. The molecule has 3 aromatic rings. The van der Waals surface area contributed by atoms with E-state index in [2.05, 4.69) is 4.99 Å². The van der Waals surface area contributed by atoms with Gasteiger partial charge in [0.25, 0.3) is 5.69 Å². The maximum atomic E-state index is 12.4. The number of rotatable bonds is 6. The SMILES string of the molecule is CCOC(=O)Cn1c(=NC(=O)c2ccc([N+](=O)[O-])o2)sc2ccc([N+](=O)[O-])cc21. The Bertz CT molecular complexity index is 1210. The molecule has 0 spiro atoms. The molecular weight excluding hydrogens is 408 g/mol. The highest BCUT2D eigenvalue weighted by molar-refractivity contribution is 7.16. The first-order valence-electron chi connectivity index (χ1n) is 8.07. The van der Waals surface area contributed by atoms with Gasteiger partial charge in [0.05, 0.1) is 27.8 Å². The van der Waals surface area contributed by atoms with Gasteiger partial charge in [0, 0.05) is 12.1 Å². The Morgan fingerprint density at radius 2 is 1.97 bits per heavy atom. The van der Waals surface area contributed by atoms with Gasteiger partial charge in [0.15, 0.2) is 4.80 Å². The third-order valence-corrected chi connectivity index (χ3v) is 4.71. The number of fused-ring (bicyclic) bond motifs is 1. The molecular formula is C16H12N4O8S. The quantitative estimate of drug-likeness (QED) is 0.334. The van der Waals surface area contributed by atoms with Crippen LogP contribution in [0.3, 0.4) is 0 Å². The minimum absolute atomic E-state index is 0.0533. The van der Waals surface area contributed by atoms with Gasteiger partial charge in [-0.2, -0.15) is 4.99 Å². The molecule has 2 aromatic heterocycles. The highest BCUT2D eigenvalue weighted by Crippen LogP contribution is 2.23. The molecule has 0 aliphatic carbocycles. The summed E-state index contributed by atoms with van der Waals surface area (Å²) in [7, 11) is 0. The number of nitro benzene ring substituents is 1. The number of amides is 1. The summed E-state index contributed by atoms with van der Waals surface area (Å²) < 4.78 is 11.6. The lowest BCUT2D eigenvalue weighted by Gasteiger charge is -2.04. The second-order valence-electron chi connectivity index (χ2n) is 5.50. The van der Waals surface area contributed by atoms with Crippen LogP contribution in [-0.4, -0.2) is 32.9 Å². The molecule has 0 saturated carbocycles. The molecule has 1 aromatic carbocycles. The fourth-order valence-electron chi connectivity index (χ4n) is 2.43. The molecule has 13 heteroatoms. The van der Waals surface area contributed by atoms with Gasteiger partial charge >= 0.3 is 17.8 Å². The zero-order chi connectivity index (χ0) is 21.1. The molecule has 1 amide bonds. The Morgan fingerprint density at radius 1 is 1.21 bits per heavy atom. The monoisotopic (exact) mass is 420 g/mol. The van der Waals surface area contributed by atoms with Gasteiger partial charge in [-0.25, -0.2) is 0 Å². The van der Waals surface area contributed by atoms with E-state index in [1.54, 1.807) is 6.92 Å². The fourth-order valence-corrected chi connectivity index (χ4v) is 3.44. The average Bonchev–Trinajstić information content (AvgIpc) is 3.27. The van der Waals surface area contributed by atoms with Crippen LogP contribution in [0.2, 0.25) is 0 Å². The molecule has 0 aliphatic rings. The molecule has 0 aliphatic heterocycles. The van der Waals surface area contributed by atoms with Crippen LogP contribution >= 0.6 is 11.3 Å². The number of hydrogen-bond acceptors (Lipinski definition) is 9. The number of nitrogens with zero attached hydrogens (tertiary/aromatic N) is 4. The number of benzene rings is 1. The van der Waals surface area contributed by atoms with Crippen molar-refractivity contribution < 1.29 is 28.6 Å². The Balaban J connectivity index is 2.12. The summed E-state index contributed by atoms with van der Waals surface area (Å²) in [5.41, 5.74) is 0.113. The van der Waals surface area contributed by atoms with Crippen LogP contribution in [0.15, 0.2) is 39.7 Å². The van der Waals surface area contributed by atoms with E-state index in [1.807, 2.05) is 0 Å². The molecule has 12 nitrogen and oxygen atoms in total. The largest absolute Gasteiger partial charge is 0.465 e. The molecule has 0 unspecified atom stereocenters. The van der Waals surface area contributed by atoms with Gasteiger partial charge in [0.2, 0.25) is 5.76 Å². The fraction of sp³-hybridized carbons (Fsp3) is 0.188. The number of aromatic nitrogens is 1. The summed E-state index contributed by atoms with van der Waals surface area (Å²) in [4.78, 5) is 48.6. The van der Waals surface area contributed by atoms with Crippen molar-refractivity contribution in [1.29, 1.82) is 0 Å². The van der Waals surface area contributed by atoms with E-state index in [4.69, 9.17) is 9.15 Å². The molecule has 150 valence electrons. The zero-order valence-electron chi connectivity index (χ0n) is 14.8. The number of furan rings is 1. The van der Waals surface area contributed by atoms with Crippen molar-refractivity contribution in [2.24, 2.45) is 4.99 Å². The van der Waals surface area contributed by atoms with E-state index in [1.165, 1.54) is 22.8 Å². The van der Waals surface area contributed by atoms with Crippen molar-refractivity contribution >= 4 is 45.0 Å². The average molecular weight is 420 g/mol. The number of ether oxygens (including phenoxy) is 1. The van der Waals surface area contributed by atoms with Gasteiger partial charge in [0.1, 0.15) is 11.5 Å². The molecule has 0 radical (unpaired) electrons. The maximum absolute atomic E-state index is 12.4. The third kappa shape index (κ3) is 4.19. The van der Waals surface area contributed by atoms with Crippen LogP contribution < -0.4 is 4.80 Å². The number of carbonyl (C=O) groups is 2. The lowest BCUT2D eigenvalue weighted by atomic mass is 10.3. The number of thiazole rings is 1. The summed E-state index contributed by atoms with van der Waals surface area (Å²) in [5, 5.41) is 21.8. The van der Waals surface area contributed by atoms with E-state index in [0.717, 1.165) is 23.5 Å². The van der Waals surface area contributed by atoms with Crippen molar-refractivity contribution in [3.63, 3.8) is 0 Å². The van der Waals surface area contributed by atoms with Gasteiger partial charge in [-0.3, -0.25) is 29.8 Å². The van der Waals surface area contributed by atoms with Crippen LogP contribution in [0, 0.1) is 20.2 Å². The standard InChI is InChI=1S/C16H12N4O8S/c1-2-27-14(21)8-18-10-7-9(19(23)24)3-5-12(10)29-16(18)17-15(22)11-4-6-13(28-11)20(25)26/h3-7H,2,8H2,1H3. The first kappa shape index (κ1) is 19.9. The number of hydrogen-bond donors (Lipinski definition) is 0. The number of nitro groups is 2. The Morgan fingerprint density at radius 3 is 2.59 bits per heavy atom. The molecule has 0 bridgehead atoms. The molecule has 2 heterocycles. The van der Waals surface area contributed by atoms with Crippen LogP contribution in [-0.2, 0) is 16.1 Å². The molecule has 3 rings (SSSR count). The van der Waals surface area contributed by atoms with Gasteiger partial charge in [-0.05, 0) is 19.1 Å². The highest BCUT2D eigenvalue weighted by atomic mass is 32.1. The van der Waals surface area contributed by atoms with E-state index in [-0.39, 0.29) is 29.4 Å². The van der Waals surface area contributed by atoms with Gasteiger partial charge < -0.3 is 13.7 Å². The van der Waals surface area contributed by atoms with Crippen molar-refractivity contribution in [2.45, 2.75) is 13.5 Å². The third-order valence-electron chi connectivity index (χ3n) is 3.65. The first-order valence-corrected chi connectivity index (χ1v) is 8.88. The van der Waals surface area contributed by atoms with Crippen molar-refractivity contribution in [2.75, 3.05) is 6.61 Å². The number of carbonyl (C=O) groups excluding carboxylic acids is 2. The normalized spacial score (nSPS) is 11.6. The molecule has 0 saturated heterocycles. The van der Waals surface area contributed by atoms with Gasteiger partial charge in [-0.15, -0.1) is 0 Å². The van der Waals surface area contributed by atoms with Gasteiger partial charge in [-0.1, -0.05) is 11.3 Å². The zero-order valence-corrected chi connectivity index (χ0v) is 15.6. The van der Waals surface area contributed by atoms with E-state index in [0.29, 0.717) is 10.2 Å². The van der Waals surface area contributed by atoms with Crippen molar-refractivity contribution in [3.8, 4) is 0 Å². The molecule has 29 heavy (non-hydrogen) atoms.